The second-order valence-corrected chi connectivity index (χ2v) is 14.5. The molecular formula is C30H32F2O3S2. The van der Waals surface area contributed by atoms with Gasteiger partial charge in [0.2, 0.25) is 0 Å². The highest BCUT2D eigenvalue weighted by atomic mass is 32.2. The van der Waals surface area contributed by atoms with Crippen LogP contribution in [0.5, 0.6) is 0 Å². The van der Waals surface area contributed by atoms with Gasteiger partial charge in [-0.2, -0.15) is 8.78 Å². The van der Waals surface area contributed by atoms with Crippen LogP contribution in [-0.4, -0.2) is 18.2 Å². The molecule has 0 spiro atoms. The Hall–Kier alpha value is -2.22. The van der Waals surface area contributed by atoms with Gasteiger partial charge < -0.3 is 4.55 Å². The minimum absolute atomic E-state index is 0.0146. The highest BCUT2D eigenvalue weighted by molar-refractivity contribution is 7.97. The van der Waals surface area contributed by atoms with Gasteiger partial charge in [0.25, 0.3) is 0 Å². The zero-order valence-electron chi connectivity index (χ0n) is 20.6. The van der Waals surface area contributed by atoms with Crippen molar-refractivity contribution < 1.29 is 21.8 Å². The predicted octanol–water partition coefficient (Wildman–Crippen LogP) is 7.51. The maximum atomic E-state index is 13.5. The molecule has 4 aliphatic carbocycles. The zero-order valence-corrected chi connectivity index (χ0v) is 22.3. The molecule has 4 fully saturated rings. The van der Waals surface area contributed by atoms with E-state index in [1.165, 1.54) is 14.7 Å². The van der Waals surface area contributed by atoms with E-state index in [-0.39, 0.29) is 10.9 Å². The standard InChI is InChI=1S/C18H15S.C12H18F2O3S/c1-4-10-16(11-5-1)19(17-12-6-2-7-13-17)18-14-8-3-9-15-18;13-12(14,18(15,16)17)7-11-4-8-1-9(5-11)3-10(2-8)6-11/h1-15H;8-10H,1-7H2,(H,15,16,17)/q+1;/p-1. The Kier molecular flexibility index (Phi) is 7.49. The summed E-state index contributed by atoms with van der Waals surface area (Å²) in [5, 5.41) is -4.10. The highest BCUT2D eigenvalue weighted by Crippen LogP contribution is 2.63. The quantitative estimate of drug-likeness (QED) is 0.239. The lowest BCUT2D eigenvalue weighted by atomic mass is 9.49. The van der Waals surface area contributed by atoms with Gasteiger partial charge in [0, 0.05) is 6.42 Å². The molecule has 3 aromatic rings. The molecule has 0 aliphatic heterocycles. The Balaban J connectivity index is 0.000000152. The van der Waals surface area contributed by atoms with Crippen LogP contribution in [0.4, 0.5) is 8.78 Å². The van der Waals surface area contributed by atoms with Gasteiger partial charge in [-0.3, -0.25) is 0 Å². The summed E-state index contributed by atoms with van der Waals surface area (Å²) in [6.07, 6.45) is 4.62. The van der Waals surface area contributed by atoms with Crippen molar-refractivity contribution in [2.24, 2.45) is 23.2 Å². The molecule has 0 amide bonds. The zero-order chi connectivity index (χ0) is 26.1. The maximum Gasteiger partial charge on any atom is 0.335 e. The molecule has 0 radical (unpaired) electrons. The molecule has 0 unspecified atom stereocenters. The van der Waals surface area contributed by atoms with Crippen molar-refractivity contribution in [1.29, 1.82) is 0 Å². The first kappa shape index (κ1) is 26.4. The minimum Gasteiger partial charge on any atom is -0.743 e. The molecule has 0 aromatic heterocycles. The summed E-state index contributed by atoms with van der Waals surface area (Å²) in [5.74, 6) is 1.42. The third kappa shape index (κ3) is 5.94. The van der Waals surface area contributed by atoms with Gasteiger partial charge in [0.1, 0.15) is 0 Å². The van der Waals surface area contributed by atoms with Crippen LogP contribution in [-0.2, 0) is 21.0 Å². The van der Waals surface area contributed by atoms with Gasteiger partial charge in [-0.05, 0) is 98.1 Å². The predicted molar refractivity (Wildman–Crippen MR) is 141 cm³/mol. The van der Waals surface area contributed by atoms with Gasteiger partial charge in [0.15, 0.2) is 24.8 Å². The van der Waals surface area contributed by atoms with Crippen molar-refractivity contribution in [3.05, 3.63) is 91.0 Å². The summed E-state index contributed by atoms with van der Waals surface area (Å²) in [6, 6.07) is 32.2. The molecule has 4 bridgehead atoms. The molecule has 37 heavy (non-hydrogen) atoms. The molecule has 0 atom stereocenters. The molecule has 0 N–H and O–H groups in total. The molecule has 3 nitrogen and oxygen atoms in total. The summed E-state index contributed by atoms with van der Waals surface area (Å²) in [6.45, 7) is 0. The maximum absolute atomic E-state index is 13.5. The normalized spacial score (nSPS) is 26.5. The molecule has 7 rings (SSSR count). The smallest absolute Gasteiger partial charge is 0.335 e. The van der Waals surface area contributed by atoms with Crippen molar-refractivity contribution in [2.75, 3.05) is 0 Å². The van der Waals surface area contributed by atoms with Crippen LogP contribution in [0.2, 0.25) is 0 Å². The van der Waals surface area contributed by atoms with E-state index in [1.807, 2.05) is 0 Å². The lowest BCUT2D eigenvalue weighted by Crippen LogP contribution is -2.49. The van der Waals surface area contributed by atoms with Crippen molar-refractivity contribution in [3.63, 3.8) is 0 Å². The van der Waals surface area contributed by atoms with Crippen molar-refractivity contribution in [1.82, 2.24) is 0 Å². The number of benzene rings is 3. The summed E-state index contributed by atoms with van der Waals surface area (Å²) in [4.78, 5) is 4.08. The highest BCUT2D eigenvalue weighted by Gasteiger charge is 2.55. The van der Waals surface area contributed by atoms with Gasteiger partial charge in [-0.25, -0.2) is 8.42 Å². The summed E-state index contributed by atoms with van der Waals surface area (Å²) in [7, 11) is -5.54. The topological polar surface area (TPSA) is 57.2 Å². The second-order valence-electron chi connectivity index (χ2n) is 10.9. The summed E-state index contributed by atoms with van der Waals surface area (Å²) >= 11 is 0. The van der Waals surface area contributed by atoms with Crippen LogP contribution in [0.1, 0.15) is 44.9 Å². The van der Waals surface area contributed by atoms with E-state index in [0.29, 0.717) is 37.0 Å². The van der Waals surface area contributed by atoms with E-state index in [1.54, 1.807) is 0 Å². The molecular weight excluding hydrogens is 510 g/mol. The molecule has 196 valence electrons. The van der Waals surface area contributed by atoms with Crippen LogP contribution in [0.25, 0.3) is 0 Å². The Labute approximate surface area is 221 Å². The van der Waals surface area contributed by atoms with Crippen molar-refractivity contribution in [2.45, 2.75) is 64.9 Å². The molecule has 4 saturated carbocycles. The van der Waals surface area contributed by atoms with E-state index >= 15 is 0 Å². The average molecular weight is 543 g/mol. The van der Waals surface area contributed by atoms with Gasteiger partial charge in [-0.15, -0.1) is 0 Å². The fourth-order valence-corrected chi connectivity index (χ4v) is 9.70. The third-order valence-electron chi connectivity index (χ3n) is 8.05. The average Bonchev–Trinajstić information content (AvgIpc) is 2.84. The Morgan fingerprint density at radius 3 is 1.32 bits per heavy atom. The van der Waals surface area contributed by atoms with Crippen molar-refractivity contribution >= 4 is 21.0 Å². The van der Waals surface area contributed by atoms with Crippen LogP contribution in [0.3, 0.4) is 0 Å². The minimum atomic E-state index is -5.53. The lowest BCUT2D eigenvalue weighted by molar-refractivity contribution is -0.0935. The number of alkyl halides is 2. The van der Waals surface area contributed by atoms with Gasteiger partial charge in [-0.1, -0.05) is 54.6 Å². The van der Waals surface area contributed by atoms with Crippen LogP contribution < -0.4 is 0 Å². The summed E-state index contributed by atoms with van der Waals surface area (Å²) in [5.41, 5.74) is -0.588. The lowest BCUT2D eigenvalue weighted by Gasteiger charge is -2.57. The fourth-order valence-electron chi connectivity index (χ4n) is 7.11. The number of hydrogen-bond acceptors (Lipinski definition) is 3. The van der Waals surface area contributed by atoms with E-state index in [4.69, 9.17) is 0 Å². The first-order chi connectivity index (χ1) is 17.6. The summed E-state index contributed by atoms with van der Waals surface area (Å²) < 4.78 is 59.1. The fraction of sp³-hybridized carbons (Fsp3) is 0.400. The molecule has 0 saturated heterocycles. The van der Waals surface area contributed by atoms with E-state index in [9.17, 15) is 21.8 Å². The number of halogens is 2. The van der Waals surface area contributed by atoms with Crippen molar-refractivity contribution in [3.8, 4) is 0 Å². The molecule has 7 heteroatoms. The largest absolute Gasteiger partial charge is 0.743 e. The SMILES string of the molecule is O=S(=O)([O-])C(F)(F)CC12CC3CC(CC(C3)C1)C2.c1ccc([S+](c2ccccc2)c2ccccc2)cc1. The number of hydrogen-bond donors (Lipinski definition) is 0. The van der Waals surface area contributed by atoms with Gasteiger partial charge >= 0.3 is 5.25 Å². The Morgan fingerprint density at radius 2 is 1.03 bits per heavy atom. The van der Waals surface area contributed by atoms with Crippen LogP contribution in [0.15, 0.2) is 106 Å². The van der Waals surface area contributed by atoms with Crippen LogP contribution >= 0.6 is 0 Å². The molecule has 0 heterocycles. The van der Waals surface area contributed by atoms with E-state index in [0.717, 1.165) is 19.3 Å². The second kappa shape index (κ2) is 10.5. The molecule has 3 aromatic carbocycles. The van der Waals surface area contributed by atoms with E-state index < -0.39 is 27.2 Å². The Bertz CT molecular complexity index is 1150. The van der Waals surface area contributed by atoms with Crippen LogP contribution in [0, 0.1) is 23.2 Å². The Morgan fingerprint density at radius 1 is 0.703 bits per heavy atom. The first-order valence-corrected chi connectivity index (χ1v) is 15.5. The third-order valence-corrected chi connectivity index (χ3v) is 11.2. The first-order valence-electron chi connectivity index (χ1n) is 12.9. The van der Waals surface area contributed by atoms with E-state index in [2.05, 4.69) is 91.0 Å². The molecule has 4 aliphatic rings. The van der Waals surface area contributed by atoms with Gasteiger partial charge in [0.05, 0.1) is 10.9 Å². The monoisotopic (exact) mass is 542 g/mol. The number of rotatable bonds is 6.